The quantitative estimate of drug-likeness (QED) is 0.308. The van der Waals surface area contributed by atoms with E-state index < -0.39 is 0 Å². The minimum absolute atomic E-state index is 0.211. The van der Waals surface area contributed by atoms with E-state index in [-0.39, 0.29) is 11.1 Å². The highest BCUT2D eigenvalue weighted by molar-refractivity contribution is 7.99. The zero-order valence-electron chi connectivity index (χ0n) is 17.6. The monoisotopic (exact) mass is 484 g/mol. The third kappa shape index (κ3) is 4.98. The van der Waals surface area contributed by atoms with Crippen LogP contribution >= 0.6 is 23.4 Å². The highest BCUT2D eigenvalue weighted by Gasteiger charge is 2.14. The van der Waals surface area contributed by atoms with E-state index in [0.29, 0.717) is 11.4 Å². The van der Waals surface area contributed by atoms with Crippen LogP contribution in [0.25, 0.3) is 23.1 Å². The molecule has 0 unspecified atom stereocenters. The minimum atomic E-state index is -0.288. The van der Waals surface area contributed by atoms with Gasteiger partial charge in [-0.3, -0.25) is 19.9 Å². The van der Waals surface area contributed by atoms with Crippen LogP contribution < -0.4 is 5.32 Å². The maximum atomic E-state index is 12.9. The van der Waals surface area contributed by atoms with Crippen LogP contribution in [0, 0.1) is 0 Å². The first kappa shape index (κ1) is 21.8. The molecule has 9 heteroatoms. The molecule has 3 heterocycles. The van der Waals surface area contributed by atoms with Crippen molar-refractivity contribution in [3.05, 3.63) is 101 Å². The molecule has 3 aromatic heterocycles. The number of H-pyrrole nitrogens is 1. The predicted molar refractivity (Wildman–Crippen MR) is 135 cm³/mol. The summed E-state index contributed by atoms with van der Waals surface area (Å²) in [6, 6.07) is 19.2. The molecule has 34 heavy (non-hydrogen) atoms. The lowest BCUT2D eigenvalue weighted by Gasteiger charge is -2.09. The second-order valence-electron chi connectivity index (χ2n) is 7.18. The third-order valence-corrected chi connectivity index (χ3v) is 6.12. The highest BCUT2D eigenvalue weighted by Crippen LogP contribution is 2.33. The summed E-state index contributed by atoms with van der Waals surface area (Å²) in [6.07, 6.45) is 8.48. The predicted octanol–water partition coefficient (Wildman–Crippen LogP) is 5.98. The molecule has 0 radical (unpaired) electrons. The van der Waals surface area contributed by atoms with E-state index in [9.17, 15) is 4.79 Å². The van der Waals surface area contributed by atoms with E-state index in [1.165, 1.54) is 24.2 Å². The highest BCUT2D eigenvalue weighted by atomic mass is 35.5. The van der Waals surface area contributed by atoms with Crippen molar-refractivity contribution in [2.75, 3.05) is 5.32 Å². The van der Waals surface area contributed by atoms with Crippen LogP contribution in [0.15, 0.2) is 89.0 Å². The Labute approximate surface area is 204 Å². The second-order valence-corrected chi connectivity index (χ2v) is 8.69. The lowest BCUT2D eigenvalue weighted by Crippen LogP contribution is -2.14. The molecule has 7 nitrogen and oxygen atoms in total. The Kier molecular flexibility index (Phi) is 6.33. The van der Waals surface area contributed by atoms with Gasteiger partial charge in [-0.2, -0.15) is 5.10 Å². The summed E-state index contributed by atoms with van der Waals surface area (Å²) in [5.74, 6) is 0.00620. The topological polar surface area (TPSA) is 96.5 Å². The first-order valence-corrected chi connectivity index (χ1v) is 11.5. The number of nitrogens with zero attached hydrogens (tertiary/aromatic N) is 4. The summed E-state index contributed by atoms with van der Waals surface area (Å²) in [7, 11) is 0. The number of carbonyl (C=O) groups excluding carboxylic acids is 1. The summed E-state index contributed by atoms with van der Waals surface area (Å²) < 4.78 is 0. The zero-order valence-corrected chi connectivity index (χ0v) is 19.2. The number of anilines is 1. The fraction of sp³-hybridized carbons (Fsp3) is 0. The molecule has 0 spiro atoms. The molecule has 2 aromatic carbocycles. The van der Waals surface area contributed by atoms with Gasteiger partial charge in [0.2, 0.25) is 0 Å². The normalized spacial score (nSPS) is 11.2. The zero-order chi connectivity index (χ0) is 23.3. The molecule has 0 saturated heterocycles. The lowest BCUT2D eigenvalue weighted by molar-refractivity contribution is 0.102. The molecule has 0 aliphatic heterocycles. The fourth-order valence-electron chi connectivity index (χ4n) is 3.31. The number of hydrogen-bond acceptors (Lipinski definition) is 6. The fourth-order valence-corrected chi connectivity index (χ4v) is 4.44. The molecular weight excluding hydrogens is 468 g/mol. The van der Waals surface area contributed by atoms with E-state index in [0.717, 1.165) is 32.1 Å². The number of rotatable bonds is 6. The van der Waals surface area contributed by atoms with Gasteiger partial charge in [0.05, 0.1) is 34.9 Å². The van der Waals surface area contributed by atoms with Crippen molar-refractivity contribution in [3.63, 3.8) is 0 Å². The summed E-state index contributed by atoms with van der Waals surface area (Å²) >= 11 is 7.36. The lowest BCUT2D eigenvalue weighted by atomic mass is 10.2. The first-order valence-electron chi connectivity index (χ1n) is 10.3. The molecule has 0 aliphatic carbocycles. The average Bonchev–Trinajstić information content (AvgIpc) is 3.26. The summed E-state index contributed by atoms with van der Waals surface area (Å²) in [6.45, 7) is 0. The second kappa shape index (κ2) is 9.86. The van der Waals surface area contributed by atoms with Gasteiger partial charge in [0, 0.05) is 21.4 Å². The number of pyridine rings is 1. The number of carbonyl (C=O) groups is 1. The van der Waals surface area contributed by atoms with Crippen LogP contribution in [0.2, 0.25) is 5.15 Å². The Morgan fingerprint density at radius 3 is 2.76 bits per heavy atom. The Morgan fingerprint density at radius 2 is 1.91 bits per heavy atom. The van der Waals surface area contributed by atoms with Gasteiger partial charge < -0.3 is 5.32 Å². The van der Waals surface area contributed by atoms with Crippen molar-refractivity contribution in [2.45, 2.75) is 9.79 Å². The number of fused-ring (bicyclic) bond motifs is 1. The van der Waals surface area contributed by atoms with Crippen molar-refractivity contribution in [2.24, 2.45) is 0 Å². The van der Waals surface area contributed by atoms with Gasteiger partial charge in [-0.05, 0) is 54.6 Å². The van der Waals surface area contributed by atoms with Crippen LogP contribution in [-0.2, 0) is 0 Å². The Balaban J connectivity index is 1.36. The Morgan fingerprint density at radius 1 is 1.03 bits per heavy atom. The van der Waals surface area contributed by atoms with Crippen molar-refractivity contribution in [3.8, 4) is 0 Å². The number of amides is 1. The van der Waals surface area contributed by atoms with Crippen LogP contribution in [0.3, 0.4) is 0 Å². The Hall–Kier alpha value is -4.01. The van der Waals surface area contributed by atoms with E-state index in [1.807, 2.05) is 66.7 Å². The largest absolute Gasteiger partial charge is 0.305 e. The van der Waals surface area contributed by atoms with Crippen molar-refractivity contribution >= 4 is 58.1 Å². The maximum Gasteiger partial charge on any atom is 0.258 e. The van der Waals surface area contributed by atoms with Gasteiger partial charge in [-0.25, -0.2) is 4.98 Å². The smallest absolute Gasteiger partial charge is 0.258 e. The number of hydrogen-bond donors (Lipinski definition) is 2. The van der Waals surface area contributed by atoms with Gasteiger partial charge in [0.1, 0.15) is 5.15 Å². The van der Waals surface area contributed by atoms with Gasteiger partial charge in [-0.1, -0.05) is 41.6 Å². The molecule has 0 bridgehead atoms. The van der Waals surface area contributed by atoms with Gasteiger partial charge in [0.25, 0.3) is 5.91 Å². The number of aromatic amines is 1. The molecule has 0 fully saturated rings. The van der Waals surface area contributed by atoms with Gasteiger partial charge in [-0.15, -0.1) is 0 Å². The molecule has 5 aromatic rings. The number of nitrogens with one attached hydrogen (secondary N) is 2. The minimum Gasteiger partial charge on any atom is -0.305 e. The van der Waals surface area contributed by atoms with Crippen molar-refractivity contribution < 1.29 is 4.79 Å². The molecule has 0 aliphatic rings. The maximum absolute atomic E-state index is 12.9. The average molecular weight is 485 g/mol. The number of benzene rings is 2. The number of aromatic nitrogens is 5. The molecule has 166 valence electrons. The van der Waals surface area contributed by atoms with Crippen molar-refractivity contribution in [1.29, 1.82) is 0 Å². The molecule has 1 amide bonds. The summed E-state index contributed by atoms with van der Waals surface area (Å²) in [5.41, 5.74) is 3.13. The molecular formula is C25H17ClN6OS. The van der Waals surface area contributed by atoms with E-state index in [4.69, 9.17) is 11.6 Å². The van der Waals surface area contributed by atoms with E-state index >= 15 is 0 Å². The first-order chi connectivity index (χ1) is 16.7. The molecule has 2 N–H and O–H groups in total. The van der Waals surface area contributed by atoms with Crippen LogP contribution in [-0.4, -0.2) is 31.1 Å². The number of halogens is 1. The van der Waals surface area contributed by atoms with Crippen molar-refractivity contribution in [1.82, 2.24) is 25.1 Å². The standard InChI is InChI=1S/C25H17ClN6OS/c26-23-14-27-15-24(29-23)30-25(33)19-6-1-2-7-22(19)34-17-9-10-18-20(31-32-21(18)13-17)11-8-16-5-3-4-12-28-16/h1-15H,(H,31,32)(H,29,30,33)/b11-8+. The van der Waals surface area contributed by atoms with E-state index in [2.05, 4.69) is 30.5 Å². The van der Waals surface area contributed by atoms with E-state index in [1.54, 1.807) is 12.3 Å². The van der Waals surface area contributed by atoms with Crippen LogP contribution in [0.4, 0.5) is 5.82 Å². The molecule has 0 saturated carbocycles. The van der Waals surface area contributed by atoms with Gasteiger partial charge >= 0.3 is 0 Å². The van der Waals surface area contributed by atoms with Crippen LogP contribution in [0.1, 0.15) is 21.7 Å². The molecule has 0 atom stereocenters. The Bertz CT molecular complexity index is 1500. The summed E-state index contributed by atoms with van der Waals surface area (Å²) in [5, 5.41) is 11.5. The molecule has 5 rings (SSSR count). The third-order valence-electron chi connectivity index (χ3n) is 4.87. The van der Waals surface area contributed by atoms with Gasteiger partial charge in [0.15, 0.2) is 5.82 Å². The van der Waals surface area contributed by atoms with Crippen LogP contribution in [0.5, 0.6) is 0 Å². The summed E-state index contributed by atoms with van der Waals surface area (Å²) in [4.78, 5) is 27.0. The SMILES string of the molecule is O=C(Nc1cncc(Cl)n1)c1ccccc1Sc1ccc2c(/C=C/c3ccccn3)n[nH]c2c1.